The zero-order chi connectivity index (χ0) is 19.5. The number of carboxylic acid groups (broad SMARTS) is 1. The number of hydrogen-bond donors (Lipinski definition) is 3. The number of Topliss-reactive ketones (excluding diaryl/α,β-unsaturated/α-hetero) is 1. The molecule has 1 aliphatic carbocycles. The zero-order valence-corrected chi connectivity index (χ0v) is 16.0. The molecule has 0 heterocycles. The van der Waals surface area contributed by atoms with Gasteiger partial charge in [-0.25, -0.2) is 4.79 Å². The van der Waals surface area contributed by atoms with Gasteiger partial charge < -0.3 is 15.3 Å². The van der Waals surface area contributed by atoms with Gasteiger partial charge in [-0.3, -0.25) is 4.79 Å². The molecule has 1 fully saturated rings. The third-order valence-corrected chi connectivity index (χ3v) is 5.11. The van der Waals surface area contributed by atoms with Gasteiger partial charge in [0.1, 0.15) is 5.78 Å². The minimum absolute atomic E-state index is 0.0919. The Balaban J connectivity index is 2.50. The van der Waals surface area contributed by atoms with Crippen LogP contribution in [0.4, 0.5) is 0 Å². The number of aliphatic hydroxyl groups is 2. The maximum absolute atomic E-state index is 12.2. The van der Waals surface area contributed by atoms with Crippen LogP contribution in [0.5, 0.6) is 0 Å². The average Bonchev–Trinajstić information content (AvgIpc) is 2.85. The first-order valence-electron chi connectivity index (χ1n) is 9.81. The largest absolute Gasteiger partial charge is 0.479 e. The van der Waals surface area contributed by atoms with Gasteiger partial charge >= 0.3 is 5.97 Å². The molecular weight excluding hydrogens is 332 g/mol. The van der Waals surface area contributed by atoms with Crippen LogP contribution in [0.15, 0.2) is 24.3 Å². The summed E-state index contributed by atoms with van der Waals surface area (Å²) in [6.07, 6.45) is 11.9. The summed E-state index contributed by atoms with van der Waals surface area (Å²) in [5.74, 6) is -1.06. The van der Waals surface area contributed by atoms with Crippen LogP contribution in [0.1, 0.15) is 65.2 Å². The normalized spacial score (nSPS) is 26.0. The highest BCUT2D eigenvalue weighted by Crippen LogP contribution is 2.33. The van der Waals surface area contributed by atoms with E-state index in [0.717, 1.165) is 6.42 Å². The highest BCUT2D eigenvalue weighted by atomic mass is 16.4. The van der Waals surface area contributed by atoms with Gasteiger partial charge in [0.05, 0.1) is 6.10 Å². The highest BCUT2D eigenvalue weighted by molar-refractivity contribution is 5.86. The number of carboxylic acids is 1. The molecule has 5 nitrogen and oxygen atoms in total. The number of ketones is 1. The Morgan fingerprint density at radius 3 is 2.65 bits per heavy atom. The second kappa shape index (κ2) is 12.0. The van der Waals surface area contributed by atoms with Gasteiger partial charge in [0.2, 0.25) is 0 Å². The summed E-state index contributed by atoms with van der Waals surface area (Å²) >= 11 is 0. The standard InChI is InChI=1S/C21H34O5/c1-3-4-6-9-15(2)12-13-17-16(19(23)14-20(17)24)10-7-5-8-11-18(22)21(25)26/h5,7,12-13,15-19,22-23H,3-4,6,8-11,14H2,1-2H3,(H,25,26)/b7-5-,13-12+/t15-,16-,17-,18?,19+/m1/s1. The third kappa shape index (κ3) is 7.83. The second-order valence-electron chi connectivity index (χ2n) is 7.42. The molecule has 0 bridgehead atoms. The number of aliphatic hydroxyl groups excluding tert-OH is 2. The summed E-state index contributed by atoms with van der Waals surface area (Å²) in [5.41, 5.74) is 0. The highest BCUT2D eigenvalue weighted by Gasteiger charge is 2.39. The Hall–Kier alpha value is -1.46. The van der Waals surface area contributed by atoms with E-state index in [4.69, 9.17) is 5.11 Å². The van der Waals surface area contributed by atoms with Crippen molar-refractivity contribution in [1.29, 1.82) is 0 Å². The van der Waals surface area contributed by atoms with Crippen molar-refractivity contribution in [3.63, 3.8) is 0 Å². The van der Waals surface area contributed by atoms with Gasteiger partial charge in [0, 0.05) is 18.3 Å². The molecule has 1 aliphatic rings. The Bertz CT molecular complexity index is 497. The number of rotatable bonds is 12. The van der Waals surface area contributed by atoms with Crippen molar-refractivity contribution >= 4 is 11.8 Å². The van der Waals surface area contributed by atoms with Gasteiger partial charge in [0.25, 0.3) is 0 Å². The predicted octanol–water partition coefficient (Wildman–Crippen LogP) is 3.50. The average molecular weight is 366 g/mol. The number of carbonyl (C=O) groups excluding carboxylic acids is 1. The molecule has 5 atom stereocenters. The van der Waals surface area contributed by atoms with Gasteiger partial charge in [-0.15, -0.1) is 0 Å². The van der Waals surface area contributed by atoms with Crippen molar-refractivity contribution < 1.29 is 24.9 Å². The topological polar surface area (TPSA) is 94.8 Å². The van der Waals surface area contributed by atoms with Crippen molar-refractivity contribution in [1.82, 2.24) is 0 Å². The lowest BCUT2D eigenvalue weighted by Gasteiger charge is -2.17. The van der Waals surface area contributed by atoms with Crippen LogP contribution in [-0.4, -0.2) is 39.3 Å². The molecule has 0 aromatic heterocycles. The molecule has 148 valence electrons. The Labute approximate surface area is 156 Å². The van der Waals surface area contributed by atoms with Crippen LogP contribution < -0.4 is 0 Å². The molecule has 0 amide bonds. The molecule has 0 saturated heterocycles. The first kappa shape index (κ1) is 22.6. The van der Waals surface area contributed by atoms with Crippen LogP contribution >= 0.6 is 0 Å². The summed E-state index contributed by atoms with van der Waals surface area (Å²) in [4.78, 5) is 22.7. The van der Waals surface area contributed by atoms with Crippen LogP contribution in [0.2, 0.25) is 0 Å². The molecule has 1 rings (SSSR count). The van der Waals surface area contributed by atoms with Gasteiger partial charge in [-0.05, 0) is 31.6 Å². The number of aliphatic carboxylic acids is 1. The third-order valence-electron chi connectivity index (χ3n) is 5.11. The number of unbranched alkanes of at least 4 members (excludes halogenated alkanes) is 2. The molecule has 0 spiro atoms. The van der Waals surface area contributed by atoms with E-state index < -0.39 is 18.2 Å². The Morgan fingerprint density at radius 2 is 2.00 bits per heavy atom. The van der Waals surface area contributed by atoms with Gasteiger partial charge in [0.15, 0.2) is 6.10 Å². The quantitative estimate of drug-likeness (QED) is 0.363. The zero-order valence-electron chi connectivity index (χ0n) is 16.0. The lowest BCUT2D eigenvalue weighted by molar-refractivity contribution is -0.146. The van der Waals surface area contributed by atoms with Crippen molar-refractivity contribution in [3.05, 3.63) is 24.3 Å². The monoisotopic (exact) mass is 366 g/mol. The first-order valence-corrected chi connectivity index (χ1v) is 9.81. The molecule has 26 heavy (non-hydrogen) atoms. The summed E-state index contributed by atoms with van der Waals surface area (Å²) in [7, 11) is 0. The van der Waals surface area contributed by atoms with E-state index in [1.54, 1.807) is 0 Å². The molecule has 1 unspecified atom stereocenters. The van der Waals surface area contributed by atoms with E-state index >= 15 is 0 Å². The maximum Gasteiger partial charge on any atom is 0.332 e. The van der Waals surface area contributed by atoms with Crippen molar-refractivity contribution in [2.24, 2.45) is 17.8 Å². The summed E-state index contributed by atoms with van der Waals surface area (Å²) in [6, 6.07) is 0. The van der Waals surface area contributed by atoms with Crippen LogP contribution in [0.3, 0.4) is 0 Å². The van der Waals surface area contributed by atoms with E-state index in [-0.39, 0.29) is 30.5 Å². The van der Waals surface area contributed by atoms with E-state index in [1.165, 1.54) is 19.3 Å². The molecule has 1 saturated carbocycles. The molecule has 5 heteroatoms. The molecule has 3 N–H and O–H groups in total. The van der Waals surface area contributed by atoms with E-state index in [2.05, 4.69) is 19.9 Å². The van der Waals surface area contributed by atoms with E-state index in [9.17, 15) is 19.8 Å². The van der Waals surface area contributed by atoms with Gasteiger partial charge in [-0.2, -0.15) is 0 Å². The van der Waals surface area contributed by atoms with E-state index in [0.29, 0.717) is 18.8 Å². The molecule has 0 aromatic rings. The maximum atomic E-state index is 12.2. The van der Waals surface area contributed by atoms with Crippen molar-refractivity contribution in [2.75, 3.05) is 0 Å². The first-order chi connectivity index (χ1) is 12.4. The smallest absolute Gasteiger partial charge is 0.332 e. The lowest BCUT2D eigenvalue weighted by Crippen LogP contribution is -2.19. The summed E-state index contributed by atoms with van der Waals surface area (Å²) in [5, 5.41) is 28.0. The fraction of sp³-hybridized carbons (Fsp3) is 0.714. The molecule has 0 aromatic carbocycles. The summed E-state index contributed by atoms with van der Waals surface area (Å²) < 4.78 is 0. The van der Waals surface area contributed by atoms with E-state index in [1.807, 2.05) is 18.2 Å². The molecule has 0 aliphatic heterocycles. The summed E-state index contributed by atoms with van der Waals surface area (Å²) in [6.45, 7) is 4.34. The second-order valence-corrected chi connectivity index (χ2v) is 7.42. The van der Waals surface area contributed by atoms with Crippen LogP contribution in [-0.2, 0) is 9.59 Å². The number of hydrogen-bond acceptors (Lipinski definition) is 4. The minimum Gasteiger partial charge on any atom is -0.479 e. The lowest BCUT2D eigenvalue weighted by atomic mass is 9.89. The Kier molecular flexibility index (Phi) is 10.4. The fourth-order valence-electron chi connectivity index (χ4n) is 3.40. The van der Waals surface area contributed by atoms with Crippen LogP contribution in [0, 0.1) is 17.8 Å². The number of allylic oxidation sites excluding steroid dienone is 4. The predicted molar refractivity (Wildman–Crippen MR) is 102 cm³/mol. The molecule has 0 radical (unpaired) electrons. The van der Waals surface area contributed by atoms with Crippen LogP contribution in [0.25, 0.3) is 0 Å². The number of carbonyl (C=O) groups is 2. The van der Waals surface area contributed by atoms with Gasteiger partial charge in [-0.1, -0.05) is 57.4 Å². The SMILES string of the molecule is CCCCC[C@@H](C)/C=C/[C@H]1C(=O)C[C@H](O)[C@@H]1C/C=C\CCC(O)C(=O)O. The molecular formula is C21H34O5. The fourth-order valence-corrected chi connectivity index (χ4v) is 3.40. The Morgan fingerprint density at radius 1 is 1.27 bits per heavy atom. The van der Waals surface area contributed by atoms with Crippen molar-refractivity contribution in [2.45, 2.75) is 77.4 Å². The minimum atomic E-state index is -1.34. The van der Waals surface area contributed by atoms with Crippen molar-refractivity contribution in [3.8, 4) is 0 Å².